The minimum Gasteiger partial charge on any atom is -0.344 e. The average molecular weight is 423 g/mol. The van der Waals surface area contributed by atoms with E-state index in [1.165, 1.54) is 11.3 Å². The quantitative estimate of drug-likeness (QED) is 0.623. The number of amides is 2. The first-order valence-corrected chi connectivity index (χ1v) is 10.6. The van der Waals surface area contributed by atoms with Gasteiger partial charge in [0.1, 0.15) is 11.0 Å². The number of aryl methyl sites for hydroxylation is 1. The highest BCUT2D eigenvalue weighted by molar-refractivity contribution is 7.18. The van der Waals surface area contributed by atoms with Gasteiger partial charge < -0.3 is 5.32 Å². The van der Waals surface area contributed by atoms with E-state index in [1.807, 2.05) is 45.0 Å². The molecule has 0 spiro atoms. The van der Waals surface area contributed by atoms with Crippen LogP contribution < -0.4 is 10.6 Å². The lowest BCUT2D eigenvalue weighted by molar-refractivity contribution is -0.132. The molecule has 8 heteroatoms. The monoisotopic (exact) mass is 422 g/mol. The third kappa shape index (κ3) is 5.52. The van der Waals surface area contributed by atoms with Gasteiger partial charge in [-0.25, -0.2) is 0 Å². The standard InChI is InChI=1S/C20H27ClN4O2S/c1-6-13(3)15(22-18(27)20(4,5)11-21)16(26)23-19-25-24-17(28-19)14-9-7-12(2)8-10-14/h7-10,13,15H,6,11H2,1-5H3,(H,22,27)(H,23,25,26)/t13-,15-/m1/s1. The van der Waals surface area contributed by atoms with E-state index in [4.69, 9.17) is 11.6 Å². The van der Waals surface area contributed by atoms with Gasteiger partial charge in [-0.2, -0.15) is 0 Å². The van der Waals surface area contributed by atoms with E-state index < -0.39 is 11.5 Å². The molecule has 2 rings (SSSR count). The molecule has 0 radical (unpaired) electrons. The highest BCUT2D eigenvalue weighted by atomic mass is 35.5. The number of halogens is 1. The summed E-state index contributed by atoms with van der Waals surface area (Å²) < 4.78 is 0. The van der Waals surface area contributed by atoms with Crippen LogP contribution in [0.4, 0.5) is 5.13 Å². The second-order valence-electron chi connectivity index (χ2n) is 7.62. The zero-order valence-electron chi connectivity index (χ0n) is 16.9. The van der Waals surface area contributed by atoms with E-state index in [-0.39, 0.29) is 23.6 Å². The van der Waals surface area contributed by atoms with Crippen molar-refractivity contribution in [1.82, 2.24) is 15.5 Å². The van der Waals surface area contributed by atoms with Crippen LogP contribution in [0.1, 0.15) is 39.7 Å². The smallest absolute Gasteiger partial charge is 0.249 e. The lowest BCUT2D eigenvalue weighted by atomic mass is 9.92. The summed E-state index contributed by atoms with van der Waals surface area (Å²) in [4.78, 5) is 25.3. The van der Waals surface area contributed by atoms with Crippen molar-refractivity contribution < 1.29 is 9.59 Å². The molecule has 28 heavy (non-hydrogen) atoms. The van der Waals surface area contributed by atoms with Crippen molar-refractivity contribution in [2.75, 3.05) is 11.2 Å². The zero-order valence-corrected chi connectivity index (χ0v) is 18.4. The van der Waals surface area contributed by atoms with Crippen LogP contribution in [-0.2, 0) is 9.59 Å². The molecule has 2 N–H and O–H groups in total. The molecule has 2 atom stereocenters. The number of nitrogens with zero attached hydrogens (tertiary/aromatic N) is 2. The molecule has 1 heterocycles. The molecule has 2 amide bonds. The highest BCUT2D eigenvalue weighted by Gasteiger charge is 2.33. The van der Waals surface area contributed by atoms with Crippen molar-refractivity contribution in [3.63, 3.8) is 0 Å². The van der Waals surface area contributed by atoms with Crippen molar-refractivity contribution in [1.29, 1.82) is 0 Å². The van der Waals surface area contributed by atoms with Crippen LogP contribution in [0.5, 0.6) is 0 Å². The Balaban J connectivity index is 2.13. The maximum atomic E-state index is 12.8. The Hall–Kier alpha value is -1.99. The Morgan fingerprint density at radius 3 is 2.43 bits per heavy atom. The van der Waals surface area contributed by atoms with Gasteiger partial charge in [0.25, 0.3) is 0 Å². The van der Waals surface area contributed by atoms with E-state index >= 15 is 0 Å². The second kappa shape index (κ2) is 9.47. The van der Waals surface area contributed by atoms with Crippen molar-refractivity contribution in [3.8, 4) is 10.6 Å². The van der Waals surface area contributed by atoms with Crippen molar-refractivity contribution in [2.45, 2.75) is 47.1 Å². The molecule has 0 aliphatic carbocycles. The van der Waals surface area contributed by atoms with Crippen LogP contribution in [0, 0.1) is 18.3 Å². The summed E-state index contributed by atoms with van der Waals surface area (Å²) in [5.74, 6) is -0.427. The van der Waals surface area contributed by atoms with E-state index in [2.05, 4.69) is 20.8 Å². The fourth-order valence-electron chi connectivity index (χ4n) is 2.37. The van der Waals surface area contributed by atoms with E-state index in [1.54, 1.807) is 13.8 Å². The number of nitrogens with one attached hydrogen (secondary N) is 2. The molecular weight excluding hydrogens is 396 g/mol. The molecule has 0 fully saturated rings. The van der Waals surface area contributed by atoms with Gasteiger partial charge in [0.05, 0.1) is 5.41 Å². The molecule has 0 saturated carbocycles. The summed E-state index contributed by atoms with van der Waals surface area (Å²) in [6.07, 6.45) is 0.740. The lowest BCUT2D eigenvalue weighted by Gasteiger charge is -2.28. The maximum absolute atomic E-state index is 12.8. The number of rotatable bonds is 8. The van der Waals surface area contributed by atoms with Gasteiger partial charge in [0, 0.05) is 11.4 Å². The third-order valence-electron chi connectivity index (χ3n) is 4.68. The summed E-state index contributed by atoms with van der Waals surface area (Å²) >= 11 is 7.18. The molecular formula is C20H27ClN4O2S. The normalized spacial score (nSPS) is 13.6. The Morgan fingerprint density at radius 2 is 1.86 bits per heavy atom. The van der Waals surface area contributed by atoms with Crippen LogP contribution >= 0.6 is 22.9 Å². The minimum atomic E-state index is -0.755. The fraction of sp³-hybridized carbons (Fsp3) is 0.500. The predicted molar refractivity (Wildman–Crippen MR) is 115 cm³/mol. The predicted octanol–water partition coefficient (Wildman–Crippen LogP) is 4.25. The van der Waals surface area contributed by atoms with Gasteiger partial charge >= 0.3 is 0 Å². The van der Waals surface area contributed by atoms with Gasteiger partial charge in [0.2, 0.25) is 16.9 Å². The number of aromatic nitrogens is 2. The first kappa shape index (κ1) is 22.3. The maximum Gasteiger partial charge on any atom is 0.249 e. The van der Waals surface area contributed by atoms with E-state index in [0.717, 1.165) is 22.6 Å². The number of carbonyl (C=O) groups is 2. The number of benzene rings is 1. The van der Waals surface area contributed by atoms with E-state index in [0.29, 0.717) is 5.13 Å². The summed E-state index contributed by atoms with van der Waals surface area (Å²) in [6, 6.07) is 7.27. The van der Waals surface area contributed by atoms with Gasteiger partial charge in [-0.15, -0.1) is 21.8 Å². The summed E-state index contributed by atoms with van der Waals surface area (Å²) in [7, 11) is 0. The first-order valence-electron chi connectivity index (χ1n) is 9.26. The molecule has 2 aromatic rings. The van der Waals surface area contributed by atoms with Crippen molar-refractivity contribution >= 4 is 39.9 Å². The molecule has 152 valence electrons. The zero-order chi connectivity index (χ0) is 20.9. The Morgan fingerprint density at radius 1 is 1.21 bits per heavy atom. The Kier molecular flexibility index (Phi) is 7.55. The summed E-state index contributed by atoms with van der Waals surface area (Å²) in [5, 5.41) is 15.0. The number of hydrogen-bond donors (Lipinski definition) is 2. The topological polar surface area (TPSA) is 84.0 Å². The fourth-order valence-corrected chi connectivity index (χ4v) is 3.24. The van der Waals surface area contributed by atoms with Crippen molar-refractivity contribution in [3.05, 3.63) is 29.8 Å². The largest absolute Gasteiger partial charge is 0.344 e. The molecule has 1 aromatic heterocycles. The second-order valence-corrected chi connectivity index (χ2v) is 8.87. The van der Waals surface area contributed by atoms with Crippen LogP contribution in [0.3, 0.4) is 0 Å². The van der Waals surface area contributed by atoms with Gasteiger partial charge in [-0.3, -0.25) is 14.9 Å². The molecule has 0 unspecified atom stereocenters. The molecule has 0 saturated heterocycles. The van der Waals surface area contributed by atoms with Crippen LogP contribution in [-0.4, -0.2) is 33.9 Å². The lowest BCUT2D eigenvalue weighted by Crippen LogP contribution is -2.51. The molecule has 0 aliphatic heterocycles. The number of anilines is 1. The van der Waals surface area contributed by atoms with E-state index in [9.17, 15) is 9.59 Å². The first-order chi connectivity index (χ1) is 13.2. The van der Waals surface area contributed by atoms with Gasteiger partial charge in [-0.05, 0) is 26.7 Å². The van der Waals surface area contributed by atoms with Crippen LogP contribution in [0.25, 0.3) is 10.6 Å². The van der Waals surface area contributed by atoms with Gasteiger partial charge in [-0.1, -0.05) is 61.4 Å². The number of alkyl halides is 1. The Labute approximate surface area is 175 Å². The summed E-state index contributed by atoms with van der Waals surface area (Å²) in [6.45, 7) is 9.42. The van der Waals surface area contributed by atoms with Crippen LogP contribution in [0.2, 0.25) is 0 Å². The third-order valence-corrected chi connectivity index (χ3v) is 6.24. The number of carbonyl (C=O) groups excluding carboxylic acids is 2. The SMILES string of the molecule is CC[C@@H](C)[C@@H](NC(=O)C(C)(C)CCl)C(=O)Nc1nnc(-c2ccc(C)cc2)s1. The van der Waals surface area contributed by atoms with Crippen molar-refractivity contribution in [2.24, 2.45) is 11.3 Å². The van der Waals surface area contributed by atoms with Gasteiger partial charge in [0.15, 0.2) is 0 Å². The highest BCUT2D eigenvalue weighted by Crippen LogP contribution is 2.27. The molecule has 6 nitrogen and oxygen atoms in total. The molecule has 0 aliphatic rings. The molecule has 0 bridgehead atoms. The van der Waals surface area contributed by atoms with Crippen LogP contribution in [0.15, 0.2) is 24.3 Å². The average Bonchev–Trinajstić information content (AvgIpc) is 3.13. The Bertz CT molecular complexity index is 820. The molecule has 1 aromatic carbocycles. The summed E-state index contributed by atoms with van der Waals surface area (Å²) in [5.41, 5.74) is 1.35. The number of hydrogen-bond acceptors (Lipinski definition) is 5. The minimum absolute atomic E-state index is 0.0421.